The van der Waals surface area contributed by atoms with Crippen LogP contribution in [0.4, 0.5) is 4.79 Å². The average Bonchev–Trinajstić information content (AvgIpc) is 2.73. The molecule has 0 aliphatic rings. The van der Waals surface area contributed by atoms with Gasteiger partial charge in [0, 0.05) is 11.6 Å². The molecule has 3 N–H and O–H groups in total. The van der Waals surface area contributed by atoms with Gasteiger partial charge in [0.2, 0.25) is 11.8 Å². The van der Waals surface area contributed by atoms with Crippen molar-refractivity contribution in [3.8, 4) is 5.75 Å². The van der Waals surface area contributed by atoms with E-state index in [9.17, 15) is 19.5 Å². The minimum absolute atomic E-state index is 0.000833. The Morgan fingerprint density at radius 1 is 1.03 bits per heavy atom. The topological polar surface area (TPSA) is 108 Å². The van der Waals surface area contributed by atoms with E-state index in [1.807, 2.05) is 48.5 Å². The van der Waals surface area contributed by atoms with Crippen molar-refractivity contribution in [2.75, 3.05) is 0 Å². The van der Waals surface area contributed by atoms with Crippen LogP contribution in [0.3, 0.4) is 0 Å². The molecule has 0 radical (unpaired) electrons. The lowest BCUT2D eigenvalue weighted by atomic mass is 9.90. The fourth-order valence-corrected chi connectivity index (χ4v) is 3.98. The Hall–Kier alpha value is -2.77. The van der Waals surface area contributed by atoms with Crippen molar-refractivity contribution in [1.29, 1.82) is 0 Å². The SMILES string of the molecule is CCCC(C)NC(=O)C(c1cccc(O)c1)N(C(=O)C(NC(=O)OC(C)(C)C)C(C)C)C(C)(C)CC. The molecule has 204 valence electrons. The first-order chi connectivity index (χ1) is 16.5. The van der Waals surface area contributed by atoms with Crippen molar-refractivity contribution < 1.29 is 24.2 Å². The molecular weight excluding hydrogens is 458 g/mol. The number of hydrogen-bond acceptors (Lipinski definition) is 5. The third kappa shape index (κ3) is 9.03. The maximum Gasteiger partial charge on any atom is 0.408 e. The first-order valence-corrected chi connectivity index (χ1v) is 13.0. The molecule has 0 spiro atoms. The van der Waals surface area contributed by atoms with Crippen molar-refractivity contribution >= 4 is 17.9 Å². The number of phenols is 1. The third-order valence-corrected chi connectivity index (χ3v) is 6.16. The fourth-order valence-electron chi connectivity index (χ4n) is 3.98. The summed E-state index contributed by atoms with van der Waals surface area (Å²) < 4.78 is 5.41. The van der Waals surface area contributed by atoms with Crippen molar-refractivity contribution in [2.45, 2.75) is 118 Å². The van der Waals surface area contributed by atoms with Crippen LogP contribution >= 0.6 is 0 Å². The number of hydrogen-bond donors (Lipinski definition) is 3. The number of ether oxygens (including phenoxy) is 1. The monoisotopic (exact) mass is 505 g/mol. The summed E-state index contributed by atoms with van der Waals surface area (Å²) in [6.07, 6.45) is 1.55. The molecule has 0 saturated heterocycles. The molecule has 0 fully saturated rings. The second kappa shape index (κ2) is 13.0. The predicted molar refractivity (Wildman–Crippen MR) is 143 cm³/mol. The van der Waals surface area contributed by atoms with Crippen molar-refractivity contribution in [3.63, 3.8) is 0 Å². The molecule has 1 aromatic carbocycles. The summed E-state index contributed by atoms with van der Waals surface area (Å²) in [5.74, 6) is -1.00. The van der Waals surface area contributed by atoms with Gasteiger partial charge in [-0.3, -0.25) is 9.59 Å². The Bertz CT molecular complexity index is 891. The number of benzene rings is 1. The second-order valence-corrected chi connectivity index (χ2v) is 11.4. The number of carbonyl (C=O) groups excluding carboxylic acids is 3. The molecule has 0 aromatic heterocycles. The van der Waals surface area contributed by atoms with Gasteiger partial charge >= 0.3 is 6.09 Å². The van der Waals surface area contributed by atoms with Gasteiger partial charge in [-0.15, -0.1) is 0 Å². The van der Waals surface area contributed by atoms with E-state index in [1.165, 1.54) is 12.1 Å². The quantitative estimate of drug-likeness (QED) is 0.378. The zero-order chi connectivity index (χ0) is 27.8. The van der Waals surface area contributed by atoms with Crippen LogP contribution in [0.2, 0.25) is 0 Å². The van der Waals surface area contributed by atoms with Gasteiger partial charge in [0.1, 0.15) is 23.4 Å². The van der Waals surface area contributed by atoms with Gasteiger partial charge < -0.3 is 25.4 Å². The number of rotatable bonds is 11. The molecule has 36 heavy (non-hydrogen) atoms. The maximum atomic E-state index is 14.2. The summed E-state index contributed by atoms with van der Waals surface area (Å²) in [4.78, 5) is 42.2. The minimum atomic E-state index is -1.01. The van der Waals surface area contributed by atoms with Crippen LogP contribution in [0.15, 0.2) is 24.3 Å². The van der Waals surface area contributed by atoms with E-state index in [0.29, 0.717) is 12.0 Å². The highest BCUT2D eigenvalue weighted by Gasteiger charge is 2.44. The van der Waals surface area contributed by atoms with Crippen LogP contribution in [0.5, 0.6) is 5.75 Å². The highest BCUT2D eigenvalue weighted by molar-refractivity contribution is 5.93. The summed E-state index contributed by atoms with van der Waals surface area (Å²) in [7, 11) is 0. The van der Waals surface area contributed by atoms with E-state index in [0.717, 1.165) is 12.8 Å². The van der Waals surface area contributed by atoms with E-state index in [2.05, 4.69) is 10.6 Å². The Morgan fingerprint density at radius 3 is 2.11 bits per heavy atom. The second-order valence-electron chi connectivity index (χ2n) is 11.4. The molecule has 0 aliphatic heterocycles. The molecule has 0 heterocycles. The molecule has 3 amide bonds. The molecular formula is C28H47N3O5. The van der Waals surface area contributed by atoms with E-state index in [1.54, 1.807) is 37.8 Å². The number of nitrogens with one attached hydrogen (secondary N) is 2. The van der Waals surface area contributed by atoms with Crippen LogP contribution in [0, 0.1) is 5.92 Å². The van der Waals surface area contributed by atoms with Gasteiger partial charge in [0.25, 0.3) is 0 Å². The van der Waals surface area contributed by atoms with Gasteiger partial charge in [-0.05, 0) is 78.0 Å². The number of carbonyl (C=O) groups is 3. The molecule has 1 aromatic rings. The molecule has 8 heteroatoms. The van der Waals surface area contributed by atoms with Gasteiger partial charge in [0.15, 0.2) is 0 Å². The Kier molecular flexibility index (Phi) is 11.3. The maximum absolute atomic E-state index is 14.2. The van der Waals surface area contributed by atoms with Crippen molar-refractivity contribution in [2.24, 2.45) is 5.92 Å². The summed E-state index contributed by atoms with van der Waals surface area (Å²) in [6, 6.07) is 4.38. The third-order valence-electron chi connectivity index (χ3n) is 6.16. The van der Waals surface area contributed by atoms with Crippen LogP contribution < -0.4 is 10.6 Å². The lowest BCUT2D eigenvalue weighted by molar-refractivity contribution is -0.150. The lowest BCUT2D eigenvalue weighted by Crippen LogP contribution is -2.60. The lowest BCUT2D eigenvalue weighted by Gasteiger charge is -2.45. The molecule has 1 rings (SSSR count). The number of alkyl carbamates (subject to hydrolysis) is 1. The van der Waals surface area contributed by atoms with E-state index >= 15 is 0 Å². The standard InChI is InChI=1S/C28H47N3O5/c1-11-14-19(5)29-24(33)23(20-15-13-16-21(32)17-20)31(28(9,10)12-2)25(34)22(18(3)4)30-26(35)36-27(6,7)8/h13,15-19,22-23,32H,11-12,14H2,1-10H3,(H,29,33)(H,30,35). The first-order valence-electron chi connectivity index (χ1n) is 13.0. The minimum Gasteiger partial charge on any atom is -0.508 e. The summed E-state index contributed by atoms with van der Waals surface area (Å²) in [5, 5.41) is 16.0. The Morgan fingerprint density at radius 2 is 1.64 bits per heavy atom. The van der Waals surface area contributed by atoms with E-state index < -0.39 is 35.2 Å². The van der Waals surface area contributed by atoms with Gasteiger partial charge in [-0.1, -0.05) is 46.2 Å². The summed E-state index contributed by atoms with van der Waals surface area (Å²) >= 11 is 0. The highest BCUT2D eigenvalue weighted by atomic mass is 16.6. The van der Waals surface area contributed by atoms with E-state index in [4.69, 9.17) is 4.74 Å². The number of aromatic hydroxyl groups is 1. The fraction of sp³-hybridized carbons (Fsp3) is 0.679. The molecule has 3 atom stereocenters. The predicted octanol–water partition coefficient (Wildman–Crippen LogP) is 5.30. The number of phenolic OH excluding ortho intramolecular Hbond substituents is 1. The summed E-state index contributed by atoms with van der Waals surface area (Å²) in [6.45, 7) is 18.7. The molecule has 0 saturated carbocycles. The van der Waals surface area contributed by atoms with Crippen molar-refractivity contribution in [1.82, 2.24) is 15.5 Å². The van der Waals surface area contributed by atoms with Gasteiger partial charge in [-0.2, -0.15) is 0 Å². The van der Waals surface area contributed by atoms with Crippen LogP contribution in [-0.4, -0.2) is 51.1 Å². The van der Waals surface area contributed by atoms with Crippen molar-refractivity contribution in [3.05, 3.63) is 29.8 Å². The Labute approximate surface area is 217 Å². The smallest absolute Gasteiger partial charge is 0.408 e. The number of nitrogens with zero attached hydrogens (tertiary/aromatic N) is 1. The molecule has 3 unspecified atom stereocenters. The summed E-state index contributed by atoms with van der Waals surface area (Å²) in [5.41, 5.74) is -0.983. The molecule has 8 nitrogen and oxygen atoms in total. The molecule has 0 bridgehead atoms. The van der Waals surface area contributed by atoms with Crippen LogP contribution in [0.1, 0.15) is 100 Å². The van der Waals surface area contributed by atoms with Crippen LogP contribution in [0.25, 0.3) is 0 Å². The van der Waals surface area contributed by atoms with Gasteiger partial charge in [-0.25, -0.2) is 4.79 Å². The first kappa shape index (κ1) is 31.3. The van der Waals surface area contributed by atoms with Crippen LogP contribution in [-0.2, 0) is 14.3 Å². The highest BCUT2D eigenvalue weighted by Crippen LogP contribution is 2.34. The normalized spacial score (nSPS) is 14.5. The Balaban J connectivity index is 3.62. The zero-order valence-corrected chi connectivity index (χ0v) is 23.8. The average molecular weight is 506 g/mol. The largest absolute Gasteiger partial charge is 0.508 e. The molecule has 0 aliphatic carbocycles. The zero-order valence-electron chi connectivity index (χ0n) is 23.8. The van der Waals surface area contributed by atoms with E-state index in [-0.39, 0.29) is 23.6 Å². The number of amides is 3. The van der Waals surface area contributed by atoms with Gasteiger partial charge in [0.05, 0.1) is 0 Å².